The van der Waals surface area contributed by atoms with E-state index in [4.69, 9.17) is 9.47 Å². The summed E-state index contributed by atoms with van der Waals surface area (Å²) in [4.78, 5) is 17.0. The van der Waals surface area contributed by atoms with Crippen molar-refractivity contribution in [1.82, 2.24) is 9.29 Å². The average Bonchev–Trinajstić information content (AvgIpc) is 2.73. The van der Waals surface area contributed by atoms with E-state index in [1.165, 1.54) is 24.6 Å². The van der Waals surface area contributed by atoms with Crippen molar-refractivity contribution in [1.29, 1.82) is 0 Å². The van der Waals surface area contributed by atoms with Gasteiger partial charge in [0.2, 0.25) is 15.9 Å². The van der Waals surface area contributed by atoms with Gasteiger partial charge in [-0.3, -0.25) is 4.79 Å². The highest BCUT2D eigenvalue weighted by Gasteiger charge is 2.35. The van der Waals surface area contributed by atoms with Gasteiger partial charge in [0.25, 0.3) is 0 Å². The van der Waals surface area contributed by atoms with E-state index in [1.807, 2.05) is 19.1 Å². The molecule has 9 heteroatoms. The maximum atomic E-state index is 13.3. The van der Waals surface area contributed by atoms with Crippen molar-refractivity contribution in [2.75, 3.05) is 32.6 Å². The van der Waals surface area contributed by atoms with E-state index in [1.54, 1.807) is 18.2 Å². The molecule has 0 saturated carbocycles. The monoisotopic (exact) mass is 419 g/mol. The van der Waals surface area contributed by atoms with Gasteiger partial charge in [0.1, 0.15) is 22.2 Å². The second kappa shape index (κ2) is 8.79. The molecule has 1 unspecified atom stereocenters. The van der Waals surface area contributed by atoms with Crippen molar-refractivity contribution < 1.29 is 22.7 Å². The molecular formula is C20H25N3O5S. The van der Waals surface area contributed by atoms with Gasteiger partial charge in [-0.15, -0.1) is 0 Å². The number of amides is 1. The fourth-order valence-electron chi connectivity index (χ4n) is 3.34. The minimum atomic E-state index is -3.85. The zero-order valence-electron chi connectivity index (χ0n) is 16.7. The number of nitrogens with one attached hydrogen (secondary N) is 1. The highest BCUT2D eigenvalue weighted by Crippen LogP contribution is 2.32. The Morgan fingerprint density at radius 3 is 2.69 bits per heavy atom. The summed E-state index contributed by atoms with van der Waals surface area (Å²) in [7, 11) is -0.961. The number of anilines is 1. The molecule has 1 aromatic carbocycles. The molecule has 3 rings (SSSR count). The van der Waals surface area contributed by atoms with E-state index in [9.17, 15) is 13.2 Å². The third-order valence-corrected chi connectivity index (χ3v) is 6.77. The second-order valence-electron chi connectivity index (χ2n) is 6.87. The van der Waals surface area contributed by atoms with Crippen LogP contribution in [-0.4, -0.2) is 50.9 Å². The first kappa shape index (κ1) is 21.1. The van der Waals surface area contributed by atoms with Gasteiger partial charge in [0, 0.05) is 24.8 Å². The van der Waals surface area contributed by atoms with Crippen LogP contribution < -0.4 is 14.8 Å². The van der Waals surface area contributed by atoms with Crippen molar-refractivity contribution in [2.45, 2.75) is 24.7 Å². The second-order valence-corrected chi connectivity index (χ2v) is 8.78. The third-order valence-electron chi connectivity index (χ3n) is 4.88. The molecule has 2 aromatic rings. The summed E-state index contributed by atoms with van der Waals surface area (Å²) in [6.45, 7) is 2.28. The molecular weight excluding hydrogens is 394 g/mol. The van der Waals surface area contributed by atoms with Crippen molar-refractivity contribution in [2.24, 2.45) is 5.92 Å². The predicted molar refractivity (Wildman–Crippen MR) is 109 cm³/mol. The van der Waals surface area contributed by atoms with Crippen LogP contribution >= 0.6 is 0 Å². The van der Waals surface area contributed by atoms with E-state index < -0.39 is 15.9 Å². The van der Waals surface area contributed by atoms with E-state index in [-0.39, 0.29) is 23.1 Å². The van der Waals surface area contributed by atoms with Gasteiger partial charge in [-0.05, 0) is 44.0 Å². The smallest absolute Gasteiger partial charge is 0.246 e. The van der Waals surface area contributed by atoms with E-state index in [2.05, 4.69) is 10.3 Å². The number of aryl methyl sites for hydroxylation is 1. The van der Waals surface area contributed by atoms with Gasteiger partial charge in [-0.2, -0.15) is 4.31 Å². The number of carbonyl (C=O) groups is 1. The lowest BCUT2D eigenvalue weighted by atomic mass is 9.99. The molecule has 156 valence electrons. The van der Waals surface area contributed by atoms with Crippen LogP contribution in [0.25, 0.3) is 0 Å². The fraction of sp³-hybridized carbons (Fsp3) is 0.400. The Kier molecular flexibility index (Phi) is 6.39. The molecule has 1 amide bonds. The highest BCUT2D eigenvalue weighted by atomic mass is 32.2. The zero-order chi connectivity index (χ0) is 21.0. The molecule has 0 radical (unpaired) electrons. The fourth-order valence-corrected chi connectivity index (χ4v) is 5.03. The van der Waals surface area contributed by atoms with Gasteiger partial charge in [0.15, 0.2) is 0 Å². The summed E-state index contributed by atoms with van der Waals surface area (Å²) < 4.78 is 38.2. The summed E-state index contributed by atoms with van der Waals surface area (Å²) in [5.74, 6) is 0.421. The van der Waals surface area contributed by atoms with Crippen molar-refractivity contribution in [3.63, 3.8) is 0 Å². The standard InChI is InChI=1S/C20H25N3O5S/c1-14-6-4-8-19(21-14)22-20(24)15-7-5-11-23(13-15)29(25,26)18-12-16(27-2)9-10-17(18)28-3/h4,6,8-10,12,15H,5,7,11,13H2,1-3H3,(H,21,22,24). The molecule has 1 aliphatic heterocycles. The summed E-state index contributed by atoms with van der Waals surface area (Å²) >= 11 is 0. The van der Waals surface area contributed by atoms with Crippen LogP contribution in [0, 0.1) is 12.8 Å². The molecule has 1 fully saturated rings. The topological polar surface area (TPSA) is 97.8 Å². The number of sulfonamides is 1. The molecule has 0 bridgehead atoms. The molecule has 1 N–H and O–H groups in total. The molecule has 29 heavy (non-hydrogen) atoms. The lowest BCUT2D eigenvalue weighted by Gasteiger charge is -2.31. The Morgan fingerprint density at radius 1 is 1.21 bits per heavy atom. The highest BCUT2D eigenvalue weighted by molar-refractivity contribution is 7.89. The van der Waals surface area contributed by atoms with Crippen LogP contribution in [0.1, 0.15) is 18.5 Å². The number of rotatable bonds is 6. The third kappa shape index (κ3) is 4.68. The molecule has 1 atom stereocenters. The van der Waals surface area contributed by atoms with E-state index >= 15 is 0 Å². The maximum Gasteiger partial charge on any atom is 0.246 e. The van der Waals surface area contributed by atoms with Gasteiger partial charge in [0.05, 0.1) is 20.1 Å². The molecule has 1 aliphatic rings. The van der Waals surface area contributed by atoms with Crippen LogP contribution in [0.3, 0.4) is 0 Å². The Morgan fingerprint density at radius 2 is 2.00 bits per heavy atom. The number of hydrogen-bond donors (Lipinski definition) is 1. The SMILES string of the molecule is COc1ccc(OC)c(S(=O)(=O)N2CCCC(C(=O)Nc3cccc(C)n3)C2)c1. The number of methoxy groups -OCH3 is 2. The predicted octanol–water partition coefficient (Wildman–Crippen LogP) is 2.45. The van der Waals surface area contributed by atoms with Crippen molar-refractivity contribution in [3.8, 4) is 11.5 Å². The van der Waals surface area contributed by atoms with Gasteiger partial charge in [-0.25, -0.2) is 13.4 Å². The normalized spacial score (nSPS) is 17.6. The first-order valence-electron chi connectivity index (χ1n) is 9.32. The molecule has 1 aromatic heterocycles. The Hall–Kier alpha value is -2.65. The summed E-state index contributed by atoms with van der Waals surface area (Å²) in [6, 6.07) is 10.00. The molecule has 1 saturated heterocycles. The first-order chi connectivity index (χ1) is 13.8. The first-order valence-corrected chi connectivity index (χ1v) is 10.8. The minimum absolute atomic E-state index is 0.0285. The minimum Gasteiger partial charge on any atom is -0.497 e. The Balaban J connectivity index is 1.80. The van der Waals surface area contributed by atoms with Gasteiger partial charge >= 0.3 is 0 Å². The van der Waals surface area contributed by atoms with Crippen LogP contribution in [0.5, 0.6) is 11.5 Å². The largest absolute Gasteiger partial charge is 0.497 e. The number of piperidine rings is 1. The van der Waals surface area contributed by atoms with Crippen molar-refractivity contribution >= 4 is 21.7 Å². The van der Waals surface area contributed by atoms with Crippen LogP contribution in [0.4, 0.5) is 5.82 Å². The molecule has 2 heterocycles. The number of pyridine rings is 1. The lowest BCUT2D eigenvalue weighted by Crippen LogP contribution is -2.43. The summed E-state index contributed by atoms with van der Waals surface area (Å²) in [5.41, 5.74) is 0.792. The number of benzene rings is 1. The number of nitrogens with zero attached hydrogens (tertiary/aromatic N) is 2. The quantitative estimate of drug-likeness (QED) is 0.772. The summed E-state index contributed by atoms with van der Waals surface area (Å²) in [6.07, 6.45) is 1.20. The molecule has 0 aliphatic carbocycles. The Labute approximate surface area is 170 Å². The molecule has 8 nitrogen and oxygen atoms in total. The van der Waals surface area contributed by atoms with Crippen LogP contribution in [0.15, 0.2) is 41.3 Å². The van der Waals surface area contributed by atoms with Crippen LogP contribution in [0.2, 0.25) is 0 Å². The zero-order valence-corrected chi connectivity index (χ0v) is 17.5. The number of aromatic nitrogens is 1. The number of hydrogen-bond acceptors (Lipinski definition) is 6. The van der Waals surface area contributed by atoms with E-state index in [0.717, 1.165) is 5.69 Å². The lowest BCUT2D eigenvalue weighted by molar-refractivity contribution is -0.120. The van der Waals surface area contributed by atoms with Crippen LogP contribution in [-0.2, 0) is 14.8 Å². The van der Waals surface area contributed by atoms with Crippen molar-refractivity contribution in [3.05, 3.63) is 42.1 Å². The van der Waals surface area contributed by atoms with Gasteiger partial charge in [-0.1, -0.05) is 6.07 Å². The van der Waals surface area contributed by atoms with Gasteiger partial charge < -0.3 is 14.8 Å². The number of carbonyl (C=O) groups excluding carboxylic acids is 1. The Bertz CT molecular complexity index is 993. The van der Waals surface area contributed by atoms with E-state index in [0.29, 0.717) is 31.0 Å². The summed E-state index contributed by atoms with van der Waals surface area (Å²) in [5, 5.41) is 2.79. The molecule has 0 spiro atoms. The average molecular weight is 420 g/mol. The maximum absolute atomic E-state index is 13.3. The number of ether oxygens (including phenoxy) is 2.